The zero-order valence-electron chi connectivity index (χ0n) is 13.9. The molecule has 2 aromatic rings. The maximum Gasteiger partial charge on any atom is 0.335 e. The number of carbonyl (C=O) groups is 1. The van der Waals surface area contributed by atoms with E-state index in [4.69, 9.17) is 30.9 Å². The SMILES string of the molecule is COc1ccc(/C=N\Nc2cc(C(=O)O)ccc2Cl)c(OC)c1OC. The Morgan fingerprint density at radius 3 is 2.44 bits per heavy atom. The highest BCUT2D eigenvalue weighted by atomic mass is 35.5. The van der Waals surface area contributed by atoms with E-state index in [1.54, 1.807) is 12.1 Å². The summed E-state index contributed by atoms with van der Waals surface area (Å²) in [5.41, 5.74) is 3.83. The smallest absolute Gasteiger partial charge is 0.335 e. The number of aromatic carboxylic acids is 1. The van der Waals surface area contributed by atoms with E-state index in [2.05, 4.69) is 10.5 Å². The molecule has 0 fully saturated rings. The highest BCUT2D eigenvalue weighted by Crippen LogP contribution is 2.39. The first-order chi connectivity index (χ1) is 12.0. The Hall–Kier alpha value is -2.93. The minimum atomic E-state index is -1.05. The van der Waals surface area contributed by atoms with Crippen molar-refractivity contribution in [2.75, 3.05) is 26.8 Å². The lowest BCUT2D eigenvalue weighted by Gasteiger charge is -2.13. The fraction of sp³-hybridized carbons (Fsp3) is 0.176. The number of anilines is 1. The van der Waals surface area contributed by atoms with Gasteiger partial charge in [-0.25, -0.2) is 4.79 Å². The molecule has 0 bridgehead atoms. The van der Waals surface area contributed by atoms with Crippen LogP contribution in [0.2, 0.25) is 5.02 Å². The van der Waals surface area contributed by atoms with E-state index in [-0.39, 0.29) is 5.56 Å². The maximum atomic E-state index is 11.0. The Labute approximate surface area is 149 Å². The number of carboxylic acids is 1. The van der Waals surface area contributed by atoms with E-state index in [1.165, 1.54) is 45.7 Å². The average molecular weight is 365 g/mol. The Balaban J connectivity index is 2.29. The molecule has 7 nitrogen and oxygen atoms in total. The predicted octanol–water partition coefficient (Wildman–Crippen LogP) is 3.51. The minimum absolute atomic E-state index is 0.103. The number of nitrogens with zero attached hydrogens (tertiary/aromatic N) is 1. The van der Waals surface area contributed by atoms with Crippen molar-refractivity contribution >= 4 is 29.5 Å². The van der Waals surface area contributed by atoms with Gasteiger partial charge in [0.05, 0.1) is 43.8 Å². The van der Waals surface area contributed by atoms with E-state index in [9.17, 15) is 4.79 Å². The topological polar surface area (TPSA) is 89.4 Å². The molecule has 0 radical (unpaired) electrons. The summed E-state index contributed by atoms with van der Waals surface area (Å²) in [6.07, 6.45) is 1.50. The molecule has 0 atom stereocenters. The first kappa shape index (κ1) is 18.4. The van der Waals surface area contributed by atoms with Crippen LogP contribution in [0.1, 0.15) is 15.9 Å². The summed E-state index contributed by atoms with van der Waals surface area (Å²) in [4.78, 5) is 11.0. The largest absolute Gasteiger partial charge is 0.493 e. The van der Waals surface area contributed by atoms with Gasteiger partial charge in [0.1, 0.15) is 0 Å². The summed E-state index contributed by atoms with van der Waals surface area (Å²) in [6.45, 7) is 0. The number of hydrazone groups is 1. The van der Waals surface area contributed by atoms with Crippen LogP contribution in [0, 0.1) is 0 Å². The van der Waals surface area contributed by atoms with E-state index >= 15 is 0 Å². The van der Waals surface area contributed by atoms with Gasteiger partial charge in [-0.1, -0.05) is 11.6 Å². The molecule has 2 N–H and O–H groups in total. The number of rotatable bonds is 7. The third-order valence-electron chi connectivity index (χ3n) is 3.34. The normalized spacial score (nSPS) is 10.6. The lowest BCUT2D eigenvalue weighted by Crippen LogP contribution is -2.00. The van der Waals surface area contributed by atoms with Crippen LogP contribution in [0.15, 0.2) is 35.4 Å². The molecule has 25 heavy (non-hydrogen) atoms. The number of ether oxygens (including phenoxy) is 3. The molecule has 0 saturated carbocycles. The van der Waals surface area contributed by atoms with Crippen molar-refractivity contribution in [1.29, 1.82) is 0 Å². The van der Waals surface area contributed by atoms with Crippen LogP contribution < -0.4 is 19.6 Å². The summed E-state index contributed by atoms with van der Waals surface area (Å²) in [5.74, 6) is 0.379. The van der Waals surface area contributed by atoms with Crippen molar-refractivity contribution in [1.82, 2.24) is 0 Å². The molecular weight excluding hydrogens is 348 g/mol. The van der Waals surface area contributed by atoms with Crippen LogP contribution in [-0.2, 0) is 0 Å². The molecule has 0 amide bonds. The molecular formula is C17H17ClN2O5. The fourth-order valence-electron chi connectivity index (χ4n) is 2.14. The monoisotopic (exact) mass is 364 g/mol. The van der Waals surface area contributed by atoms with E-state index in [0.717, 1.165) is 0 Å². The van der Waals surface area contributed by atoms with Crippen molar-refractivity contribution < 1.29 is 24.1 Å². The number of hydrogen-bond donors (Lipinski definition) is 2. The lowest BCUT2D eigenvalue weighted by molar-refractivity contribution is 0.0697. The Kier molecular flexibility index (Phi) is 6.08. The molecule has 0 aliphatic carbocycles. The van der Waals surface area contributed by atoms with Gasteiger partial charge < -0.3 is 19.3 Å². The minimum Gasteiger partial charge on any atom is -0.493 e. The Morgan fingerprint density at radius 2 is 1.84 bits per heavy atom. The van der Waals surface area contributed by atoms with E-state index < -0.39 is 5.97 Å². The third-order valence-corrected chi connectivity index (χ3v) is 3.67. The zero-order chi connectivity index (χ0) is 18.4. The molecule has 0 saturated heterocycles. The molecule has 0 heterocycles. The van der Waals surface area contributed by atoms with Gasteiger partial charge in [-0.15, -0.1) is 0 Å². The first-order valence-electron chi connectivity index (χ1n) is 7.12. The summed E-state index contributed by atoms with van der Waals surface area (Å²) in [6, 6.07) is 7.77. The van der Waals surface area contributed by atoms with Crippen LogP contribution in [-0.4, -0.2) is 38.6 Å². The second kappa shape index (κ2) is 8.25. The summed E-state index contributed by atoms with van der Waals surface area (Å²) in [7, 11) is 4.55. The van der Waals surface area contributed by atoms with Crippen molar-refractivity contribution in [2.24, 2.45) is 5.10 Å². The number of benzene rings is 2. The number of halogens is 1. The van der Waals surface area contributed by atoms with Crippen molar-refractivity contribution in [3.8, 4) is 17.2 Å². The number of methoxy groups -OCH3 is 3. The first-order valence-corrected chi connectivity index (χ1v) is 7.50. The van der Waals surface area contributed by atoms with Crippen LogP contribution in [0.25, 0.3) is 0 Å². The molecule has 0 spiro atoms. The summed E-state index contributed by atoms with van der Waals surface area (Å²) < 4.78 is 15.9. The molecule has 0 unspecified atom stereocenters. The van der Waals surface area contributed by atoms with Gasteiger partial charge in [0.15, 0.2) is 11.5 Å². The highest BCUT2D eigenvalue weighted by molar-refractivity contribution is 6.33. The zero-order valence-corrected chi connectivity index (χ0v) is 14.6. The van der Waals surface area contributed by atoms with Gasteiger partial charge in [0, 0.05) is 5.56 Å². The van der Waals surface area contributed by atoms with Crippen LogP contribution in [0.3, 0.4) is 0 Å². The standard InChI is InChI=1S/C17H17ClN2O5/c1-23-14-7-5-11(15(24-2)16(14)25-3)9-19-20-13-8-10(17(21)22)4-6-12(13)18/h4-9,20H,1-3H3,(H,21,22)/b19-9-. The van der Waals surface area contributed by atoms with Crippen molar-refractivity contribution in [3.05, 3.63) is 46.5 Å². The second-order valence-corrected chi connectivity index (χ2v) is 5.20. The van der Waals surface area contributed by atoms with Crippen LogP contribution in [0.5, 0.6) is 17.2 Å². The van der Waals surface area contributed by atoms with Gasteiger partial charge in [0.2, 0.25) is 5.75 Å². The molecule has 0 aliphatic heterocycles. The third kappa shape index (κ3) is 4.13. The van der Waals surface area contributed by atoms with Crippen LogP contribution >= 0.6 is 11.6 Å². The van der Waals surface area contributed by atoms with Crippen molar-refractivity contribution in [3.63, 3.8) is 0 Å². The highest BCUT2D eigenvalue weighted by Gasteiger charge is 2.14. The Morgan fingerprint density at radius 1 is 1.12 bits per heavy atom. The predicted molar refractivity (Wildman–Crippen MR) is 95.7 cm³/mol. The second-order valence-electron chi connectivity index (χ2n) is 4.79. The van der Waals surface area contributed by atoms with Gasteiger partial charge in [-0.3, -0.25) is 5.43 Å². The molecule has 2 rings (SSSR count). The van der Waals surface area contributed by atoms with Crippen LogP contribution in [0.4, 0.5) is 5.69 Å². The molecule has 8 heteroatoms. The van der Waals surface area contributed by atoms with Gasteiger partial charge in [-0.05, 0) is 30.3 Å². The molecule has 0 aromatic heterocycles. The fourth-order valence-corrected chi connectivity index (χ4v) is 2.30. The van der Waals surface area contributed by atoms with Gasteiger partial charge in [0.25, 0.3) is 0 Å². The maximum absolute atomic E-state index is 11.0. The summed E-state index contributed by atoms with van der Waals surface area (Å²) >= 11 is 6.04. The lowest BCUT2D eigenvalue weighted by atomic mass is 10.2. The quantitative estimate of drug-likeness (QED) is 0.577. The van der Waals surface area contributed by atoms with Gasteiger partial charge in [-0.2, -0.15) is 5.10 Å². The average Bonchev–Trinajstić information content (AvgIpc) is 2.62. The number of hydrogen-bond acceptors (Lipinski definition) is 6. The number of nitrogens with one attached hydrogen (secondary N) is 1. The summed E-state index contributed by atoms with van der Waals surface area (Å²) in [5, 5.41) is 13.5. The van der Waals surface area contributed by atoms with Crippen molar-refractivity contribution in [2.45, 2.75) is 0 Å². The van der Waals surface area contributed by atoms with E-state index in [0.29, 0.717) is 33.5 Å². The molecule has 2 aromatic carbocycles. The number of carboxylic acid groups (broad SMARTS) is 1. The Bertz CT molecular complexity index is 808. The molecule has 132 valence electrons. The molecule has 0 aliphatic rings. The van der Waals surface area contributed by atoms with E-state index in [1.807, 2.05) is 0 Å². The van der Waals surface area contributed by atoms with Gasteiger partial charge >= 0.3 is 5.97 Å².